The Morgan fingerprint density at radius 2 is 2.16 bits per heavy atom. The highest BCUT2D eigenvalue weighted by atomic mass is 16.5. The summed E-state index contributed by atoms with van der Waals surface area (Å²) < 4.78 is 10.2. The number of aromatic nitrogens is 2. The molecule has 0 fully saturated rings. The third-order valence-corrected chi connectivity index (χ3v) is 5.37. The summed E-state index contributed by atoms with van der Waals surface area (Å²) in [5.41, 5.74) is 8.04. The van der Waals surface area contributed by atoms with Crippen LogP contribution in [0.2, 0.25) is 0 Å². The highest BCUT2D eigenvalue weighted by molar-refractivity contribution is 5.93. The summed E-state index contributed by atoms with van der Waals surface area (Å²) in [5, 5.41) is 9.42. The van der Waals surface area contributed by atoms with Crippen molar-refractivity contribution in [1.82, 2.24) is 19.4 Å². The number of rotatable bonds is 8. The molecule has 0 radical (unpaired) electrons. The van der Waals surface area contributed by atoms with E-state index in [1.54, 1.807) is 13.2 Å². The van der Waals surface area contributed by atoms with Gasteiger partial charge in [-0.1, -0.05) is 0 Å². The number of methoxy groups -OCH3 is 1. The third kappa shape index (κ3) is 4.31. The lowest BCUT2D eigenvalue weighted by Gasteiger charge is -2.35. The van der Waals surface area contributed by atoms with Gasteiger partial charge < -0.3 is 20.1 Å². The van der Waals surface area contributed by atoms with Gasteiger partial charge in [-0.15, -0.1) is 4.48 Å². The number of carbonyl (C=O) groups is 2. The first-order chi connectivity index (χ1) is 15.4. The normalized spacial score (nSPS) is 17.5. The molecule has 0 bridgehead atoms. The minimum atomic E-state index is -0.671. The number of ether oxygens (including phenoxy) is 2. The van der Waals surface area contributed by atoms with Crippen LogP contribution in [0.1, 0.15) is 33.6 Å². The zero-order valence-electron chi connectivity index (χ0n) is 18.5. The fraction of sp³-hybridized carbons (Fsp3) is 0.409. The lowest BCUT2D eigenvalue weighted by molar-refractivity contribution is 0.111. The fourth-order valence-corrected chi connectivity index (χ4v) is 3.93. The first-order valence-corrected chi connectivity index (χ1v) is 10.2. The number of amides is 2. The van der Waals surface area contributed by atoms with Gasteiger partial charge in [0.05, 0.1) is 18.9 Å². The molecule has 168 valence electrons. The van der Waals surface area contributed by atoms with E-state index in [0.717, 1.165) is 11.1 Å². The Labute approximate surface area is 186 Å². The van der Waals surface area contributed by atoms with Crippen LogP contribution in [0.25, 0.3) is 0 Å². The van der Waals surface area contributed by atoms with Crippen molar-refractivity contribution in [3.05, 3.63) is 40.7 Å². The monoisotopic (exact) mass is 439 g/mol. The van der Waals surface area contributed by atoms with Crippen LogP contribution in [0.5, 0.6) is 5.75 Å². The molecule has 2 aromatic rings. The number of quaternary nitrogens is 1. The van der Waals surface area contributed by atoms with Gasteiger partial charge >= 0.3 is 6.03 Å². The zero-order chi connectivity index (χ0) is 23.3. The van der Waals surface area contributed by atoms with Crippen molar-refractivity contribution in [3.8, 4) is 11.8 Å². The molecule has 1 aliphatic heterocycles. The number of urea groups is 1. The molecule has 0 saturated carbocycles. The van der Waals surface area contributed by atoms with Gasteiger partial charge in [-0.2, -0.15) is 10.2 Å². The molecule has 32 heavy (non-hydrogen) atoms. The van der Waals surface area contributed by atoms with Gasteiger partial charge in [-0.25, -0.2) is 9.78 Å². The van der Waals surface area contributed by atoms with Crippen molar-refractivity contribution >= 4 is 24.0 Å². The summed E-state index contributed by atoms with van der Waals surface area (Å²) >= 11 is 0. The predicted octanol–water partition coefficient (Wildman–Crippen LogP) is 1.91. The number of carbonyl (C=O) groups excluding carboxylic acids is 2. The van der Waals surface area contributed by atoms with Crippen molar-refractivity contribution in [3.63, 3.8) is 0 Å². The predicted molar refractivity (Wildman–Crippen MR) is 118 cm³/mol. The van der Waals surface area contributed by atoms with Gasteiger partial charge in [0.1, 0.15) is 36.2 Å². The summed E-state index contributed by atoms with van der Waals surface area (Å²) in [7, 11) is 5.36. The Morgan fingerprint density at radius 1 is 1.38 bits per heavy atom. The second-order valence-electron chi connectivity index (χ2n) is 7.84. The maximum Gasteiger partial charge on any atom is 0.426 e. The molecular formula is C22H27N6O4+. The Hall–Kier alpha value is -3.39. The van der Waals surface area contributed by atoms with Crippen LogP contribution in [-0.2, 0) is 17.7 Å². The number of primary amides is 1. The Morgan fingerprint density at radius 3 is 2.78 bits per heavy atom. The van der Waals surface area contributed by atoms with Crippen molar-refractivity contribution < 1.29 is 19.1 Å². The molecule has 0 spiro atoms. The number of fused-ring (bicyclic) bond motifs is 1. The number of hydrogen-bond donors (Lipinski definition) is 1. The number of nitrogens with two attached hydrogens (primary N) is 1. The van der Waals surface area contributed by atoms with Crippen LogP contribution in [0.15, 0.2) is 18.3 Å². The Bertz CT molecular complexity index is 1070. The maximum atomic E-state index is 12.9. The van der Waals surface area contributed by atoms with Gasteiger partial charge in [0.15, 0.2) is 6.29 Å². The van der Waals surface area contributed by atoms with Gasteiger partial charge in [0.25, 0.3) is 0 Å². The molecule has 10 nitrogen and oxygen atoms in total. The molecular weight excluding hydrogens is 412 g/mol. The smallest absolute Gasteiger partial charge is 0.426 e. The molecule has 3 rings (SSSR count). The third-order valence-electron chi connectivity index (χ3n) is 5.37. The lowest BCUT2D eigenvalue weighted by atomic mass is 9.99. The van der Waals surface area contributed by atoms with E-state index in [1.807, 2.05) is 31.1 Å². The number of aryl methyl sites for hydroxylation is 1. The van der Waals surface area contributed by atoms with Crippen LogP contribution in [0, 0.1) is 11.3 Å². The largest absolute Gasteiger partial charge is 0.489 e. The maximum absolute atomic E-state index is 12.9. The number of aldehydes is 1. The number of nitriles is 1. The standard InChI is InChI=1S/C22H26N6O4/c1-27(2)13-16-9-15-5-4-6-28(22(24)30,21(15)26-18(16)14-29)20-10-19(32-8-7-31-3)17(11-23)12-25-20/h9-10,12,14H,4-8,13H2,1-3H3,(H-,24,30)/p+1. The van der Waals surface area contributed by atoms with Crippen LogP contribution in [0.4, 0.5) is 16.4 Å². The number of nitrogens with zero attached hydrogens (tertiary/aromatic N) is 5. The molecule has 2 amide bonds. The molecule has 1 atom stereocenters. The van der Waals surface area contributed by atoms with Crippen molar-refractivity contribution in [2.45, 2.75) is 19.4 Å². The van der Waals surface area contributed by atoms with Crippen molar-refractivity contribution in [2.24, 2.45) is 5.73 Å². The fourth-order valence-electron chi connectivity index (χ4n) is 3.93. The Kier molecular flexibility index (Phi) is 7.15. The second kappa shape index (κ2) is 9.82. The van der Waals surface area contributed by atoms with E-state index in [1.165, 1.54) is 6.20 Å². The van der Waals surface area contributed by atoms with Gasteiger partial charge in [-0.3, -0.25) is 4.79 Å². The molecule has 0 aromatic carbocycles. The highest BCUT2D eigenvalue weighted by Gasteiger charge is 2.47. The second-order valence-corrected chi connectivity index (χ2v) is 7.84. The summed E-state index contributed by atoms with van der Waals surface area (Å²) in [4.78, 5) is 35.7. The zero-order valence-corrected chi connectivity index (χ0v) is 18.5. The minimum absolute atomic E-state index is 0.225. The van der Waals surface area contributed by atoms with Gasteiger partial charge in [0.2, 0.25) is 11.6 Å². The molecule has 1 aliphatic rings. The number of pyridine rings is 2. The van der Waals surface area contributed by atoms with Crippen LogP contribution >= 0.6 is 0 Å². The van der Waals surface area contributed by atoms with E-state index in [4.69, 9.17) is 15.2 Å². The quantitative estimate of drug-likeness (QED) is 0.375. The van der Waals surface area contributed by atoms with Gasteiger partial charge in [-0.05, 0) is 32.1 Å². The van der Waals surface area contributed by atoms with E-state index in [2.05, 4.69) is 9.97 Å². The van der Waals surface area contributed by atoms with E-state index < -0.39 is 10.5 Å². The van der Waals surface area contributed by atoms with Crippen molar-refractivity contribution in [2.75, 3.05) is 41.0 Å². The summed E-state index contributed by atoms with van der Waals surface area (Å²) in [5.74, 6) is 0.947. The summed E-state index contributed by atoms with van der Waals surface area (Å²) in [6.07, 6.45) is 3.41. The molecule has 0 aliphatic carbocycles. The average molecular weight is 439 g/mol. The van der Waals surface area contributed by atoms with Crippen LogP contribution in [-0.4, -0.2) is 68.1 Å². The molecule has 1 unspecified atom stereocenters. The van der Waals surface area contributed by atoms with Crippen molar-refractivity contribution in [1.29, 1.82) is 5.26 Å². The van der Waals surface area contributed by atoms with E-state index in [0.29, 0.717) is 44.6 Å². The molecule has 10 heteroatoms. The minimum Gasteiger partial charge on any atom is -0.489 e. The SMILES string of the molecule is COCCOc1cc([N+]2(C(N)=O)CCCc3cc(CN(C)C)c(C=O)nc32)ncc1C#N. The first kappa shape index (κ1) is 23.3. The Balaban J connectivity index is 2.19. The first-order valence-electron chi connectivity index (χ1n) is 10.2. The van der Waals surface area contributed by atoms with Crippen LogP contribution in [0.3, 0.4) is 0 Å². The highest BCUT2D eigenvalue weighted by Crippen LogP contribution is 2.41. The molecule has 2 N–H and O–H groups in total. The van der Waals surface area contributed by atoms with Crippen LogP contribution < -0.4 is 15.0 Å². The van der Waals surface area contributed by atoms with E-state index >= 15 is 0 Å². The summed E-state index contributed by atoms with van der Waals surface area (Å²) in [6, 6.07) is 4.83. The summed E-state index contributed by atoms with van der Waals surface area (Å²) in [6.45, 7) is 1.43. The lowest BCUT2D eigenvalue weighted by Crippen LogP contribution is -2.56. The van der Waals surface area contributed by atoms with E-state index in [9.17, 15) is 14.9 Å². The molecule has 3 heterocycles. The van der Waals surface area contributed by atoms with Gasteiger partial charge in [0, 0.05) is 25.6 Å². The topological polar surface area (TPSA) is 131 Å². The molecule has 0 saturated heterocycles. The molecule has 2 aromatic heterocycles. The average Bonchev–Trinajstić information content (AvgIpc) is 2.77. The van der Waals surface area contributed by atoms with E-state index in [-0.39, 0.29) is 29.4 Å². The number of hydrogen-bond acceptors (Lipinski definition) is 8.